The predicted molar refractivity (Wildman–Crippen MR) is 118 cm³/mol. The summed E-state index contributed by atoms with van der Waals surface area (Å²) in [4.78, 5) is 56.5. The number of anilines is 2. The SMILES string of the molecule is COCCn1c(N)c(N(Cc2ccccc2)C(=O)C2CC(=O)N(C3CC3)C2)c(=O)[nH]c1=O. The van der Waals surface area contributed by atoms with Gasteiger partial charge in [-0.1, -0.05) is 30.3 Å². The van der Waals surface area contributed by atoms with Gasteiger partial charge in [-0.2, -0.15) is 0 Å². The van der Waals surface area contributed by atoms with Crippen LogP contribution in [0.1, 0.15) is 24.8 Å². The van der Waals surface area contributed by atoms with Gasteiger partial charge >= 0.3 is 5.69 Å². The molecule has 2 aromatic rings. The number of H-pyrrole nitrogens is 1. The molecule has 2 amide bonds. The Morgan fingerprint density at radius 2 is 1.94 bits per heavy atom. The molecule has 1 unspecified atom stereocenters. The van der Waals surface area contributed by atoms with Crippen molar-refractivity contribution in [2.24, 2.45) is 5.92 Å². The lowest BCUT2D eigenvalue weighted by atomic mass is 10.1. The first kappa shape index (κ1) is 21.8. The van der Waals surface area contributed by atoms with E-state index < -0.39 is 17.2 Å². The van der Waals surface area contributed by atoms with E-state index in [1.807, 2.05) is 30.3 Å². The van der Waals surface area contributed by atoms with Crippen molar-refractivity contribution < 1.29 is 14.3 Å². The summed E-state index contributed by atoms with van der Waals surface area (Å²) in [6.45, 7) is 0.740. The van der Waals surface area contributed by atoms with Crippen molar-refractivity contribution in [2.45, 2.75) is 38.4 Å². The van der Waals surface area contributed by atoms with Crippen molar-refractivity contribution in [1.29, 1.82) is 0 Å². The predicted octanol–water partition coefficient (Wildman–Crippen LogP) is 0.309. The first-order chi connectivity index (χ1) is 15.4. The minimum atomic E-state index is -0.742. The maximum absolute atomic E-state index is 13.6. The van der Waals surface area contributed by atoms with Crippen LogP contribution in [0, 0.1) is 5.92 Å². The molecule has 4 rings (SSSR count). The fourth-order valence-electron chi connectivity index (χ4n) is 4.13. The highest BCUT2D eigenvalue weighted by Gasteiger charge is 2.43. The molecule has 2 heterocycles. The molecule has 1 aromatic heterocycles. The number of likely N-dealkylation sites (tertiary alicyclic amines) is 1. The van der Waals surface area contributed by atoms with E-state index in [0.717, 1.165) is 18.4 Å². The van der Waals surface area contributed by atoms with Crippen molar-refractivity contribution in [3.63, 3.8) is 0 Å². The summed E-state index contributed by atoms with van der Waals surface area (Å²) in [6, 6.07) is 9.40. The average molecular weight is 441 g/mol. The molecular weight excluding hydrogens is 414 g/mol. The number of carbonyl (C=O) groups is 2. The van der Waals surface area contributed by atoms with Gasteiger partial charge in [0, 0.05) is 26.1 Å². The quantitative estimate of drug-likeness (QED) is 0.606. The van der Waals surface area contributed by atoms with Gasteiger partial charge in [0.1, 0.15) is 5.82 Å². The summed E-state index contributed by atoms with van der Waals surface area (Å²) in [5.74, 6) is -1.09. The van der Waals surface area contributed by atoms with Crippen molar-refractivity contribution in [3.05, 3.63) is 56.7 Å². The fourth-order valence-corrected chi connectivity index (χ4v) is 4.13. The first-order valence-electron chi connectivity index (χ1n) is 10.7. The third kappa shape index (κ3) is 4.31. The molecule has 0 spiro atoms. The molecule has 1 aliphatic heterocycles. The molecule has 2 aliphatic rings. The molecule has 0 bridgehead atoms. The highest BCUT2D eigenvalue weighted by Crippen LogP contribution is 2.34. The number of hydrogen-bond acceptors (Lipinski definition) is 6. The first-order valence-corrected chi connectivity index (χ1v) is 10.7. The summed E-state index contributed by atoms with van der Waals surface area (Å²) < 4.78 is 6.21. The maximum atomic E-state index is 13.6. The molecule has 2 fully saturated rings. The van der Waals surface area contributed by atoms with Gasteiger partial charge in [-0.25, -0.2) is 4.79 Å². The van der Waals surface area contributed by atoms with E-state index in [1.165, 1.54) is 16.6 Å². The zero-order valence-corrected chi connectivity index (χ0v) is 18.0. The number of benzene rings is 1. The average Bonchev–Trinajstić information content (AvgIpc) is 3.54. The van der Waals surface area contributed by atoms with E-state index in [0.29, 0.717) is 6.54 Å². The van der Waals surface area contributed by atoms with Crippen LogP contribution in [0.3, 0.4) is 0 Å². The van der Waals surface area contributed by atoms with E-state index in [9.17, 15) is 19.2 Å². The Morgan fingerprint density at radius 1 is 1.22 bits per heavy atom. The van der Waals surface area contributed by atoms with Gasteiger partial charge in [-0.15, -0.1) is 0 Å². The van der Waals surface area contributed by atoms with Gasteiger partial charge < -0.3 is 15.4 Å². The second-order valence-corrected chi connectivity index (χ2v) is 8.23. The van der Waals surface area contributed by atoms with Gasteiger partial charge in [0.05, 0.1) is 25.6 Å². The van der Waals surface area contributed by atoms with Gasteiger partial charge in [-0.05, 0) is 18.4 Å². The summed E-state index contributed by atoms with van der Waals surface area (Å²) >= 11 is 0. The van der Waals surface area contributed by atoms with Crippen LogP contribution in [0.25, 0.3) is 0 Å². The van der Waals surface area contributed by atoms with Crippen molar-refractivity contribution in [2.75, 3.05) is 30.9 Å². The number of nitrogens with zero attached hydrogens (tertiary/aromatic N) is 3. The number of ether oxygens (including phenoxy) is 1. The molecule has 1 saturated heterocycles. The standard InChI is InChI=1S/C22H27N5O5/c1-32-10-9-25-19(23)18(20(29)24-22(25)31)27(12-14-5-3-2-4-6-14)21(30)15-11-17(28)26(13-15)16-7-8-16/h2-6,15-16H,7-13,23H2,1H3,(H,24,29,31). The number of nitrogens with one attached hydrogen (secondary N) is 1. The molecule has 3 N–H and O–H groups in total. The molecule has 1 aromatic carbocycles. The van der Waals surface area contributed by atoms with Crippen molar-refractivity contribution >= 4 is 23.3 Å². The van der Waals surface area contributed by atoms with Crippen LogP contribution in [0.2, 0.25) is 0 Å². The number of carbonyl (C=O) groups excluding carboxylic acids is 2. The van der Waals surface area contributed by atoms with E-state index >= 15 is 0 Å². The van der Waals surface area contributed by atoms with Gasteiger partial charge in [0.15, 0.2) is 5.69 Å². The normalized spacial score (nSPS) is 18.2. The monoisotopic (exact) mass is 441 g/mol. The summed E-state index contributed by atoms with van der Waals surface area (Å²) in [5, 5.41) is 0. The van der Waals surface area contributed by atoms with Crippen LogP contribution in [-0.2, 0) is 27.4 Å². The van der Waals surface area contributed by atoms with E-state index in [4.69, 9.17) is 10.5 Å². The summed E-state index contributed by atoms with van der Waals surface area (Å²) in [7, 11) is 1.49. The lowest BCUT2D eigenvalue weighted by Crippen LogP contribution is -2.44. The number of amides is 2. The molecule has 1 atom stereocenters. The lowest BCUT2D eigenvalue weighted by molar-refractivity contribution is -0.128. The lowest BCUT2D eigenvalue weighted by Gasteiger charge is -2.27. The molecule has 10 heteroatoms. The fraction of sp³-hybridized carbons (Fsp3) is 0.455. The highest BCUT2D eigenvalue weighted by atomic mass is 16.5. The Kier molecular flexibility index (Phi) is 6.13. The number of nitrogen functional groups attached to an aromatic ring is 1. The molecule has 32 heavy (non-hydrogen) atoms. The van der Waals surface area contributed by atoms with Crippen LogP contribution in [0.5, 0.6) is 0 Å². The molecule has 170 valence electrons. The maximum Gasteiger partial charge on any atom is 0.330 e. The Bertz CT molecular complexity index is 1120. The van der Waals surface area contributed by atoms with E-state index in [2.05, 4.69) is 4.98 Å². The Labute approximate surface area is 184 Å². The third-order valence-electron chi connectivity index (χ3n) is 5.95. The summed E-state index contributed by atoms with van der Waals surface area (Å²) in [5.41, 5.74) is 5.53. The molecule has 1 aliphatic carbocycles. The second kappa shape index (κ2) is 8.99. The smallest absolute Gasteiger partial charge is 0.330 e. The van der Waals surface area contributed by atoms with Gasteiger partial charge in [-0.3, -0.25) is 28.8 Å². The van der Waals surface area contributed by atoms with Gasteiger partial charge in [0.25, 0.3) is 5.56 Å². The minimum Gasteiger partial charge on any atom is -0.383 e. The van der Waals surface area contributed by atoms with Crippen LogP contribution in [0.15, 0.2) is 39.9 Å². The topological polar surface area (TPSA) is 131 Å². The van der Waals surface area contributed by atoms with Crippen molar-refractivity contribution in [1.82, 2.24) is 14.5 Å². The molecular formula is C22H27N5O5. The number of hydrogen-bond donors (Lipinski definition) is 2. The van der Waals surface area contributed by atoms with E-state index in [-0.39, 0.29) is 55.5 Å². The minimum absolute atomic E-state index is 0.0440. The Hall–Kier alpha value is -3.40. The number of nitrogens with two attached hydrogens (primary N) is 1. The molecule has 10 nitrogen and oxygen atoms in total. The van der Waals surface area contributed by atoms with Crippen LogP contribution in [0.4, 0.5) is 11.5 Å². The molecule has 1 saturated carbocycles. The zero-order chi connectivity index (χ0) is 22.8. The Balaban J connectivity index is 1.73. The number of aromatic nitrogens is 2. The van der Waals surface area contributed by atoms with E-state index in [1.54, 1.807) is 4.90 Å². The second-order valence-electron chi connectivity index (χ2n) is 8.23. The van der Waals surface area contributed by atoms with Crippen LogP contribution < -0.4 is 21.9 Å². The highest BCUT2D eigenvalue weighted by molar-refractivity contribution is 6.00. The number of methoxy groups -OCH3 is 1. The van der Waals surface area contributed by atoms with Crippen LogP contribution >= 0.6 is 0 Å². The number of aromatic amines is 1. The largest absolute Gasteiger partial charge is 0.383 e. The Morgan fingerprint density at radius 3 is 2.59 bits per heavy atom. The van der Waals surface area contributed by atoms with Crippen LogP contribution in [-0.4, -0.2) is 52.6 Å². The summed E-state index contributed by atoms with van der Waals surface area (Å²) in [6.07, 6.45) is 2.01. The molecule has 0 radical (unpaired) electrons. The number of rotatable bonds is 8. The zero-order valence-electron chi connectivity index (χ0n) is 18.0. The van der Waals surface area contributed by atoms with Gasteiger partial charge in [0.2, 0.25) is 11.8 Å². The van der Waals surface area contributed by atoms with Crippen molar-refractivity contribution in [3.8, 4) is 0 Å². The third-order valence-corrected chi connectivity index (χ3v) is 5.95.